The van der Waals surface area contributed by atoms with Crippen molar-refractivity contribution < 1.29 is 32.5 Å². The smallest absolute Gasteiger partial charge is 0.332 e. The number of nitrogens with one attached hydrogen (secondary N) is 2. The van der Waals surface area contributed by atoms with Crippen molar-refractivity contribution in [3.05, 3.63) is 62.8 Å². The number of benzene rings is 2. The molecule has 0 fully saturated rings. The Balaban J connectivity index is 1.84. The molecule has 0 saturated heterocycles. The van der Waals surface area contributed by atoms with E-state index in [1.54, 1.807) is 6.92 Å². The van der Waals surface area contributed by atoms with Crippen LogP contribution in [0.4, 0.5) is 8.78 Å². The van der Waals surface area contributed by atoms with Gasteiger partial charge in [-0.05, 0) is 19.1 Å². The zero-order valence-electron chi connectivity index (χ0n) is 22.1. The molecule has 0 bridgehead atoms. The van der Waals surface area contributed by atoms with Crippen LogP contribution in [-0.4, -0.2) is 52.8 Å². The topological polar surface area (TPSA) is 130 Å². The second-order valence-electron chi connectivity index (χ2n) is 8.29. The molecule has 4 rings (SSSR count). The summed E-state index contributed by atoms with van der Waals surface area (Å²) in [5.74, 6) is -2.01. The van der Waals surface area contributed by atoms with Crippen molar-refractivity contribution >= 4 is 28.7 Å². The molecular weight excluding hydrogens is 552 g/mol. The number of aromatic amines is 1. The van der Waals surface area contributed by atoms with E-state index in [0.717, 1.165) is 6.07 Å². The number of hydrogen-bond donors (Lipinski definition) is 2. The molecule has 0 aliphatic heterocycles. The van der Waals surface area contributed by atoms with E-state index in [9.17, 15) is 18.4 Å². The highest BCUT2D eigenvalue weighted by atomic mass is 35.5. The van der Waals surface area contributed by atoms with Crippen LogP contribution >= 0.6 is 11.6 Å². The third-order valence-electron chi connectivity index (χ3n) is 5.79. The average Bonchev–Trinajstić information content (AvgIpc) is 3.28. The number of methoxy groups -OCH3 is 2. The Morgan fingerprint density at radius 1 is 1.07 bits per heavy atom. The highest BCUT2D eigenvalue weighted by molar-refractivity contribution is 6.32. The predicted octanol–water partition coefficient (Wildman–Crippen LogP) is 3.71. The molecular formula is C26H26ClF2N5O6. The normalized spacial score (nSPS) is 11.0. The number of rotatable bonds is 11. The standard InChI is InChI=1S/C26H26ClF2N5O6/c1-5-20-31-24-23(25(32-20)38-4)33-26(36)34(24)16-10-19(18(9-14(16)27)40-12-21(35)30-6-2)39-11-13-17(37-3)8-7-15(28)22(13)29/h7-10H,5-6,11-12H2,1-4H3,(H,30,35)(H,33,36). The van der Waals surface area contributed by atoms with E-state index in [2.05, 4.69) is 20.3 Å². The monoisotopic (exact) mass is 577 g/mol. The van der Waals surface area contributed by atoms with Crippen LogP contribution in [0.15, 0.2) is 29.1 Å². The first-order chi connectivity index (χ1) is 19.2. The van der Waals surface area contributed by atoms with Crippen LogP contribution in [0.25, 0.3) is 16.9 Å². The summed E-state index contributed by atoms with van der Waals surface area (Å²) in [4.78, 5) is 36.5. The van der Waals surface area contributed by atoms with Crippen LogP contribution in [0, 0.1) is 11.6 Å². The molecule has 0 spiro atoms. The predicted molar refractivity (Wildman–Crippen MR) is 142 cm³/mol. The Bertz CT molecular complexity index is 1620. The van der Waals surface area contributed by atoms with Gasteiger partial charge in [0.05, 0.1) is 30.5 Å². The number of H-pyrrole nitrogens is 1. The molecule has 2 N–H and O–H groups in total. The Hall–Kier alpha value is -4.39. The molecule has 0 aliphatic carbocycles. The lowest BCUT2D eigenvalue weighted by Crippen LogP contribution is -2.28. The number of imidazole rings is 1. The largest absolute Gasteiger partial charge is 0.496 e. The van der Waals surface area contributed by atoms with Crippen molar-refractivity contribution in [1.82, 2.24) is 24.8 Å². The lowest BCUT2D eigenvalue weighted by atomic mass is 10.2. The zero-order valence-corrected chi connectivity index (χ0v) is 22.8. The zero-order chi connectivity index (χ0) is 29.0. The van der Waals surface area contributed by atoms with E-state index in [1.165, 1.54) is 37.0 Å². The molecule has 2 aromatic heterocycles. The van der Waals surface area contributed by atoms with Gasteiger partial charge in [0.1, 0.15) is 23.7 Å². The van der Waals surface area contributed by atoms with E-state index in [-0.39, 0.29) is 57.2 Å². The van der Waals surface area contributed by atoms with Gasteiger partial charge in [-0.15, -0.1) is 0 Å². The summed E-state index contributed by atoms with van der Waals surface area (Å²) >= 11 is 6.59. The van der Waals surface area contributed by atoms with E-state index in [4.69, 9.17) is 30.5 Å². The molecule has 2 aromatic carbocycles. The molecule has 0 aliphatic rings. The van der Waals surface area contributed by atoms with Gasteiger partial charge in [0, 0.05) is 25.1 Å². The van der Waals surface area contributed by atoms with Crippen molar-refractivity contribution in [3.8, 4) is 28.8 Å². The Morgan fingerprint density at radius 2 is 1.82 bits per heavy atom. The minimum absolute atomic E-state index is 0.0186. The van der Waals surface area contributed by atoms with Gasteiger partial charge in [0.2, 0.25) is 5.88 Å². The molecule has 212 valence electrons. The Labute approximate surface area is 232 Å². The van der Waals surface area contributed by atoms with E-state index >= 15 is 0 Å². The van der Waals surface area contributed by atoms with Crippen LogP contribution < -0.4 is 30.0 Å². The molecule has 0 saturated carbocycles. The fourth-order valence-corrected chi connectivity index (χ4v) is 4.13. The minimum atomic E-state index is -1.15. The number of nitrogens with zero attached hydrogens (tertiary/aromatic N) is 3. The summed E-state index contributed by atoms with van der Waals surface area (Å²) in [6, 6.07) is 4.91. The first-order valence-corrected chi connectivity index (χ1v) is 12.5. The first kappa shape index (κ1) is 28.6. The summed E-state index contributed by atoms with van der Waals surface area (Å²) in [6.45, 7) is 3.12. The summed E-state index contributed by atoms with van der Waals surface area (Å²) in [7, 11) is 2.72. The van der Waals surface area contributed by atoms with Crippen molar-refractivity contribution in [2.45, 2.75) is 26.9 Å². The summed E-state index contributed by atoms with van der Waals surface area (Å²) < 4.78 is 51.7. The Morgan fingerprint density at radius 3 is 2.50 bits per heavy atom. The van der Waals surface area contributed by atoms with Crippen molar-refractivity contribution in [2.24, 2.45) is 0 Å². The number of halogens is 3. The van der Waals surface area contributed by atoms with Gasteiger partial charge in [-0.1, -0.05) is 18.5 Å². The number of hydrogen-bond acceptors (Lipinski definition) is 8. The van der Waals surface area contributed by atoms with Gasteiger partial charge >= 0.3 is 5.69 Å². The van der Waals surface area contributed by atoms with Gasteiger partial charge < -0.3 is 24.3 Å². The molecule has 1 amide bonds. The van der Waals surface area contributed by atoms with Gasteiger partial charge in [0.15, 0.2) is 35.4 Å². The summed E-state index contributed by atoms with van der Waals surface area (Å²) in [5, 5.41) is 2.65. The number of fused-ring (bicyclic) bond motifs is 1. The fourth-order valence-electron chi connectivity index (χ4n) is 3.89. The maximum absolute atomic E-state index is 14.6. The minimum Gasteiger partial charge on any atom is -0.496 e. The molecule has 11 nitrogen and oxygen atoms in total. The first-order valence-electron chi connectivity index (χ1n) is 12.1. The lowest BCUT2D eigenvalue weighted by molar-refractivity contribution is -0.123. The number of amides is 1. The maximum atomic E-state index is 14.6. The number of aryl methyl sites for hydroxylation is 1. The molecule has 0 unspecified atom stereocenters. The second kappa shape index (κ2) is 12.2. The fraction of sp³-hybridized carbons (Fsp3) is 0.308. The van der Waals surface area contributed by atoms with Crippen LogP contribution in [0.1, 0.15) is 25.2 Å². The number of carbonyl (C=O) groups is 1. The van der Waals surface area contributed by atoms with Gasteiger partial charge in [-0.25, -0.2) is 23.1 Å². The van der Waals surface area contributed by atoms with E-state index < -0.39 is 29.8 Å². The molecule has 0 radical (unpaired) electrons. The SMILES string of the molecule is CCNC(=O)COc1cc(Cl)c(-n2c(=O)[nH]c3c(OC)nc(CC)nc32)cc1OCc1c(OC)ccc(F)c1F. The van der Waals surface area contributed by atoms with Crippen molar-refractivity contribution in [1.29, 1.82) is 0 Å². The second-order valence-corrected chi connectivity index (χ2v) is 8.70. The van der Waals surface area contributed by atoms with Gasteiger partial charge in [-0.2, -0.15) is 4.98 Å². The van der Waals surface area contributed by atoms with Crippen LogP contribution in [-0.2, 0) is 17.8 Å². The van der Waals surface area contributed by atoms with Crippen LogP contribution in [0.2, 0.25) is 5.02 Å². The van der Waals surface area contributed by atoms with E-state index in [0.29, 0.717) is 18.8 Å². The quantitative estimate of drug-likeness (QED) is 0.276. The third-order valence-corrected chi connectivity index (χ3v) is 6.09. The number of ether oxygens (including phenoxy) is 4. The lowest BCUT2D eigenvalue weighted by Gasteiger charge is -2.17. The van der Waals surface area contributed by atoms with Gasteiger partial charge in [-0.3, -0.25) is 9.78 Å². The molecule has 0 atom stereocenters. The van der Waals surface area contributed by atoms with Crippen molar-refractivity contribution in [3.63, 3.8) is 0 Å². The molecule has 4 aromatic rings. The van der Waals surface area contributed by atoms with Crippen molar-refractivity contribution in [2.75, 3.05) is 27.4 Å². The third kappa shape index (κ3) is 5.64. The molecule has 2 heterocycles. The summed E-state index contributed by atoms with van der Waals surface area (Å²) in [5.41, 5.74) is -0.227. The number of aromatic nitrogens is 4. The summed E-state index contributed by atoms with van der Waals surface area (Å²) in [6.07, 6.45) is 0.460. The number of carbonyl (C=O) groups excluding carboxylic acids is 1. The van der Waals surface area contributed by atoms with E-state index in [1.807, 2.05) is 6.92 Å². The Kier molecular flexibility index (Phi) is 8.73. The highest BCUT2D eigenvalue weighted by Crippen LogP contribution is 2.37. The van der Waals surface area contributed by atoms with Crippen LogP contribution in [0.5, 0.6) is 23.1 Å². The maximum Gasteiger partial charge on any atom is 0.332 e. The average molecular weight is 578 g/mol. The van der Waals surface area contributed by atoms with Crippen LogP contribution in [0.3, 0.4) is 0 Å². The molecule has 40 heavy (non-hydrogen) atoms. The highest BCUT2D eigenvalue weighted by Gasteiger charge is 2.22. The molecule has 14 heteroatoms. The van der Waals surface area contributed by atoms with Gasteiger partial charge in [0.25, 0.3) is 5.91 Å². The number of likely N-dealkylation sites (N-methyl/N-ethyl adjacent to an activating group) is 1.